The molecule has 4 rings (SSSR count). The number of Topliss-reactive ketones (excluding diaryl/α,β-unsaturated/α-hetero) is 1. The van der Waals surface area contributed by atoms with Gasteiger partial charge in [0.05, 0.1) is 0 Å². The van der Waals surface area contributed by atoms with E-state index in [-0.39, 0.29) is 29.9 Å². The Bertz CT molecular complexity index is 863. The summed E-state index contributed by atoms with van der Waals surface area (Å²) in [6, 6.07) is 18.0. The topological polar surface area (TPSA) is 46.6 Å². The Morgan fingerprint density at radius 1 is 1.00 bits per heavy atom. The van der Waals surface area contributed by atoms with Gasteiger partial charge in [0.1, 0.15) is 6.61 Å². The van der Waals surface area contributed by atoms with Gasteiger partial charge in [-0.05, 0) is 48.8 Å². The first-order valence-corrected chi connectivity index (χ1v) is 10.7. The van der Waals surface area contributed by atoms with Gasteiger partial charge in [-0.3, -0.25) is 4.79 Å². The molecule has 2 fully saturated rings. The van der Waals surface area contributed by atoms with Crippen molar-refractivity contribution in [1.82, 2.24) is 4.90 Å². The quantitative estimate of drug-likeness (QED) is 0.626. The largest absolute Gasteiger partial charge is 0.445 e. The molecule has 2 saturated heterocycles. The van der Waals surface area contributed by atoms with Gasteiger partial charge in [-0.2, -0.15) is 0 Å². The smallest absolute Gasteiger partial charge is 0.410 e. The van der Waals surface area contributed by atoms with Crippen molar-refractivity contribution in [3.63, 3.8) is 0 Å². The second-order valence-electron chi connectivity index (χ2n) is 8.65. The molecule has 2 aromatic carbocycles. The van der Waals surface area contributed by atoms with Crippen molar-refractivity contribution in [2.24, 2.45) is 5.92 Å². The summed E-state index contributed by atoms with van der Waals surface area (Å²) in [5.74, 6) is 0.620. The zero-order valence-corrected chi connectivity index (χ0v) is 17.2. The number of carbonyl (C=O) groups is 2. The van der Waals surface area contributed by atoms with Gasteiger partial charge in [0.15, 0.2) is 5.78 Å². The molecule has 4 heteroatoms. The molecule has 0 aromatic heterocycles. The van der Waals surface area contributed by atoms with Crippen LogP contribution in [0, 0.1) is 5.92 Å². The summed E-state index contributed by atoms with van der Waals surface area (Å²) in [4.78, 5) is 27.8. The van der Waals surface area contributed by atoms with E-state index < -0.39 is 0 Å². The lowest BCUT2D eigenvalue weighted by Gasteiger charge is -2.37. The van der Waals surface area contributed by atoms with Crippen LogP contribution in [0.5, 0.6) is 0 Å². The third-order valence-electron chi connectivity index (χ3n) is 6.36. The molecule has 2 atom stereocenters. The van der Waals surface area contributed by atoms with E-state index in [9.17, 15) is 9.59 Å². The van der Waals surface area contributed by atoms with Gasteiger partial charge < -0.3 is 9.64 Å². The van der Waals surface area contributed by atoms with Crippen molar-refractivity contribution in [3.05, 3.63) is 71.3 Å². The maximum absolute atomic E-state index is 13.1. The highest BCUT2D eigenvalue weighted by molar-refractivity contribution is 5.98. The number of hydrogen-bond donors (Lipinski definition) is 0. The van der Waals surface area contributed by atoms with E-state index in [1.807, 2.05) is 53.4 Å². The van der Waals surface area contributed by atoms with E-state index in [2.05, 4.69) is 19.9 Å². The summed E-state index contributed by atoms with van der Waals surface area (Å²) < 4.78 is 5.57. The summed E-state index contributed by atoms with van der Waals surface area (Å²) in [6.45, 7) is 4.58. The lowest BCUT2D eigenvalue weighted by atomic mass is 9.84. The fourth-order valence-corrected chi connectivity index (χ4v) is 4.77. The highest BCUT2D eigenvalue weighted by Crippen LogP contribution is 2.40. The number of hydrogen-bond acceptors (Lipinski definition) is 3. The summed E-state index contributed by atoms with van der Waals surface area (Å²) in [5, 5.41) is 0. The Hall–Kier alpha value is -2.62. The predicted octanol–water partition coefficient (Wildman–Crippen LogP) is 5.57. The minimum atomic E-state index is -0.242. The molecule has 0 saturated carbocycles. The maximum atomic E-state index is 13.1. The number of nitrogens with zero attached hydrogens (tertiary/aromatic N) is 1. The van der Waals surface area contributed by atoms with Gasteiger partial charge in [0.25, 0.3) is 0 Å². The van der Waals surface area contributed by atoms with Crippen LogP contribution in [-0.4, -0.2) is 28.9 Å². The van der Waals surface area contributed by atoms with E-state index >= 15 is 0 Å². The highest BCUT2D eigenvalue weighted by atomic mass is 16.6. The van der Waals surface area contributed by atoms with Crippen molar-refractivity contribution in [3.8, 4) is 0 Å². The molecule has 2 aromatic rings. The van der Waals surface area contributed by atoms with Gasteiger partial charge in [0.2, 0.25) is 0 Å². The van der Waals surface area contributed by atoms with Crippen LogP contribution in [0.3, 0.4) is 0 Å². The first kappa shape index (κ1) is 19.7. The molecule has 0 spiro atoms. The van der Waals surface area contributed by atoms with E-state index in [1.165, 1.54) is 5.56 Å². The molecule has 0 N–H and O–H groups in total. The Kier molecular flexibility index (Phi) is 5.70. The zero-order chi connectivity index (χ0) is 20.4. The minimum absolute atomic E-state index is 0.00640. The van der Waals surface area contributed by atoms with Crippen LogP contribution in [-0.2, 0) is 11.3 Å². The third kappa shape index (κ3) is 4.21. The molecular formula is C25H29NO3. The Morgan fingerprint density at radius 2 is 1.69 bits per heavy atom. The van der Waals surface area contributed by atoms with Crippen LogP contribution >= 0.6 is 0 Å². The molecule has 29 heavy (non-hydrogen) atoms. The highest BCUT2D eigenvalue weighted by Gasteiger charge is 2.45. The molecule has 2 aliphatic rings. The summed E-state index contributed by atoms with van der Waals surface area (Å²) >= 11 is 0. The van der Waals surface area contributed by atoms with Gasteiger partial charge in [-0.25, -0.2) is 4.79 Å². The van der Waals surface area contributed by atoms with Crippen molar-refractivity contribution >= 4 is 11.9 Å². The average molecular weight is 392 g/mol. The van der Waals surface area contributed by atoms with E-state index in [4.69, 9.17) is 4.74 Å². The first-order valence-electron chi connectivity index (χ1n) is 10.7. The molecule has 152 valence electrons. The monoisotopic (exact) mass is 391 g/mol. The van der Waals surface area contributed by atoms with E-state index in [0.717, 1.165) is 36.8 Å². The van der Waals surface area contributed by atoms with Gasteiger partial charge in [0, 0.05) is 23.6 Å². The van der Waals surface area contributed by atoms with Crippen molar-refractivity contribution in [2.75, 3.05) is 0 Å². The molecule has 4 nitrogen and oxygen atoms in total. The number of rotatable bonds is 5. The van der Waals surface area contributed by atoms with E-state index in [1.54, 1.807) is 0 Å². The Morgan fingerprint density at radius 3 is 2.34 bits per heavy atom. The molecule has 0 radical (unpaired) electrons. The molecule has 2 unspecified atom stereocenters. The molecule has 2 bridgehead atoms. The molecule has 2 heterocycles. The Labute approximate surface area is 172 Å². The van der Waals surface area contributed by atoms with Crippen LogP contribution in [0.2, 0.25) is 0 Å². The van der Waals surface area contributed by atoms with Crippen LogP contribution in [0.4, 0.5) is 4.79 Å². The number of amides is 1. The number of fused-ring (bicyclic) bond motifs is 2. The van der Waals surface area contributed by atoms with Gasteiger partial charge in [-0.15, -0.1) is 0 Å². The normalized spacial score (nSPS) is 23.3. The number of ether oxygens (including phenoxy) is 1. The minimum Gasteiger partial charge on any atom is -0.445 e. The van der Waals surface area contributed by atoms with E-state index in [0.29, 0.717) is 12.5 Å². The Balaban J connectivity index is 1.40. The third-order valence-corrected chi connectivity index (χ3v) is 6.36. The predicted molar refractivity (Wildman–Crippen MR) is 113 cm³/mol. The van der Waals surface area contributed by atoms with Crippen molar-refractivity contribution in [2.45, 2.75) is 64.1 Å². The molecule has 2 aliphatic heterocycles. The number of benzene rings is 2. The zero-order valence-electron chi connectivity index (χ0n) is 17.2. The first-order chi connectivity index (χ1) is 14.0. The van der Waals surface area contributed by atoms with Crippen LogP contribution in [0.1, 0.15) is 66.9 Å². The van der Waals surface area contributed by atoms with Crippen molar-refractivity contribution in [1.29, 1.82) is 0 Å². The van der Waals surface area contributed by atoms with Crippen molar-refractivity contribution < 1.29 is 14.3 Å². The summed E-state index contributed by atoms with van der Waals surface area (Å²) in [6.07, 6.45) is 3.15. The molecule has 1 amide bonds. The average Bonchev–Trinajstić information content (AvgIpc) is 3.01. The molecule has 0 aliphatic carbocycles. The number of ketones is 1. The second-order valence-corrected chi connectivity index (χ2v) is 8.65. The maximum Gasteiger partial charge on any atom is 0.410 e. The van der Waals surface area contributed by atoms with Gasteiger partial charge in [-0.1, -0.05) is 62.4 Å². The van der Waals surface area contributed by atoms with Crippen LogP contribution < -0.4 is 0 Å². The standard InChI is InChI=1S/C25H29NO3/c1-17(2)19-9-6-10-20(13-19)24(27)21-14-22-11-12-23(15-21)26(22)25(28)29-16-18-7-4-3-5-8-18/h3-10,13,17,21-23H,11-12,14-16H2,1-2H3. The summed E-state index contributed by atoms with van der Waals surface area (Å²) in [5.41, 5.74) is 2.99. The van der Waals surface area contributed by atoms with Gasteiger partial charge >= 0.3 is 6.09 Å². The lowest BCUT2D eigenvalue weighted by Crippen LogP contribution is -2.48. The fraction of sp³-hybridized carbons (Fsp3) is 0.440. The van der Waals surface area contributed by atoms with Crippen LogP contribution in [0.25, 0.3) is 0 Å². The lowest BCUT2D eigenvalue weighted by molar-refractivity contribution is 0.0485. The van der Waals surface area contributed by atoms with Crippen LogP contribution in [0.15, 0.2) is 54.6 Å². The summed E-state index contributed by atoms with van der Waals surface area (Å²) in [7, 11) is 0. The second kappa shape index (κ2) is 8.40. The number of carbonyl (C=O) groups excluding carboxylic acids is 2. The number of piperidine rings is 1. The molecular weight excluding hydrogens is 362 g/mol. The fourth-order valence-electron chi connectivity index (χ4n) is 4.77. The SMILES string of the molecule is CC(C)c1cccc(C(=O)C2CC3CCC(C2)N3C(=O)OCc2ccccc2)c1.